The molecular formula is C10H10N2O2S. The Bertz CT molecular complexity index is 487. The molecule has 0 saturated carbocycles. The molecule has 15 heavy (non-hydrogen) atoms. The molecule has 0 amide bonds. The van der Waals surface area contributed by atoms with E-state index in [2.05, 4.69) is 5.10 Å². The minimum Gasteiger partial charge on any atom is -0.495 e. The molecule has 0 saturated heterocycles. The first-order chi connectivity index (χ1) is 7.26. The van der Waals surface area contributed by atoms with Crippen molar-refractivity contribution in [2.24, 2.45) is 7.05 Å². The molecule has 0 atom stereocenters. The number of hydrogen-bond acceptors (Lipinski definition) is 4. The van der Waals surface area contributed by atoms with Gasteiger partial charge in [-0.1, -0.05) is 0 Å². The van der Waals surface area contributed by atoms with E-state index >= 15 is 0 Å². The van der Waals surface area contributed by atoms with Crippen LogP contribution in [-0.2, 0) is 7.05 Å². The van der Waals surface area contributed by atoms with E-state index < -0.39 is 0 Å². The molecule has 0 aliphatic carbocycles. The summed E-state index contributed by atoms with van der Waals surface area (Å²) in [6.45, 7) is 0. The van der Waals surface area contributed by atoms with Gasteiger partial charge in [0.1, 0.15) is 11.4 Å². The zero-order valence-electron chi connectivity index (χ0n) is 8.43. The second-order valence-electron chi connectivity index (χ2n) is 3.04. The molecule has 2 aromatic rings. The van der Waals surface area contributed by atoms with E-state index in [1.807, 2.05) is 11.4 Å². The third-order valence-electron chi connectivity index (χ3n) is 2.05. The molecule has 0 aliphatic rings. The highest BCUT2D eigenvalue weighted by atomic mass is 32.1. The molecule has 0 radical (unpaired) electrons. The van der Waals surface area contributed by atoms with Crippen LogP contribution in [0, 0.1) is 0 Å². The lowest BCUT2D eigenvalue weighted by molar-refractivity contribution is 0.112. The molecule has 4 nitrogen and oxygen atoms in total. The van der Waals surface area contributed by atoms with Crippen LogP contribution in [0.25, 0.3) is 10.6 Å². The van der Waals surface area contributed by atoms with Gasteiger partial charge < -0.3 is 4.74 Å². The first kappa shape index (κ1) is 9.92. The molecule has 0 aromatic carbocycles. The largest absolute Gasteiger partial charge is 0.495 e. The predicted octanol–water partition coefficient (Wildman–Crippen LogP) is 1.97. The highest BCUT2D eigenvalue weighted by molar-refractivity contribution is 7.14. The van der Waals surface area contributed by atoms with E-state index in [1.165, 1.54) is 11.3 Å². The SMILES string of the molecule is COc1ccsc1-c1nn(C)cc1C=O. The second kappa shape index (κ2) is 3.86. The van der Waals surface area contributed by atoms with E-state index in [4.69, 9.17) is 4.74 Å². The summed E-state index contributed by atoms with van der Waals surface area (Å²) in [7, 11) is 3.39. The number of carbonyl (C=O) groups is 1. The summed E-state index contributed by atoms with van der Waals surface area (Å²) >= 11 is 1.51. The maximum Gasteiger partial charge on any atom is 0.153 e. The van der Waals surface area contributed by atoms with Crippen molar-refractivity contribution in [3.05, 3.63) is 23.2 Å². The van der Waals surface area contributed by atoms with Gasteiger partial charge in [0.2, 0.25) is 0 Å². The van der Waals surface area contributed by atoms with Crippen LogP contribution in [0.5, 0.6) is 5.75 Å². The number of thiophene rings is 1. The van der Waals surface area contributed by atoms with Gasteiger partial charge in [-0.3, -0.25) is 9.48 Å². The third-order valence-corrected chi connectivity index (χ3v) is 2.95. The van der Waals surface area contributed by atoms with Gasteiger partial charge >= 0.3 is 0 Å². The fourth-order valence-electron chi connectivity index (χ4n) is 1.40. The van der Waals surface area contributed by atoms with E-state index in [9.17, 15) is 4.79 Å². The summed E-state index contributed by atoms with van der Waals surface area (Å²) < 4.78 is 6.82. The number of ether oxygens (including phenoxy) is 1. The molecule has 2 aromatic heterocycles. The smallest absolute Gasteiger partial charge is 0.153 e. The summed E-state index contributed by atoms with van der Waals surface area (Å²) in [5.74, 6) is 0.752. The molecule has 0 unspecified atom stereocenters. The number of hydrogen-bond donors (Lipinski definition) is 0. The summed E-state index contributed by atoms with van der Waals surface area (Å²) in [6, 6.07) is 1.86. The lowest BCUT2D eigenvalue weighted by atomic mass is 10.2. The van der Waals surface area contributed by atoms with E-state index in [0.29, 0.717) is 11.3 Å². The standard InChI is InChI=1S/C10H10N2O2S/c1-12-5-7(6-13)9(11-12)10-8(14-2)3-4-15-10/h3-6H,1-2H3. The Labute approximate surface area is 91.1 Å². The van der Waals surface area contributed by atoms with Crippen molar-refractivity contribution in [1.82, 2.24) is 9.78 Å². The van der Waals surface area contributed by atoms with Gasteiger partial charge in [-0.25, -0.2) is 0 Å². The van der Waals surface area contributed by atoms with Crippen molar-refractivity contribution < 1.29 is 9.53 Å². The zero-order valence-corrected chi connectivity index (χ0v) is 9.25. The molecular weight excluding hydrogens is 212 g/mol. The molecule has 5 heteroatoms. The molecule has 0 fully saturated rings. The van der Waals surface area contributed by atoms with Crippen LogP contribution < -0.4 is 4.74 Å². The van der Waals surface area contributed by atoms with Crippen LogP contribution in [-0.4, -0.2) is 23.2 Å². The normalized spacial score (nSPS) is 10.3. The number of aryl methyl sites for hydroxylation is 1. The molecule has 0 aliphatic heterocycles. The average molecular weight is 222 g/mol. The molecule has 0 bridgehead atoms. The maximum atomic E-state index is 10.8. The Balaban J connectivity index is 2.57. The van der Waals surface area contributed by atoms with Crippen molar-refractivity contribution in [3.63, 3.8) is 0 Å². The molecule has 2 heterocycles. The topological polar surface area (TPSA) is 44.1 Å². The number of aldehydes is 1. The maximum absolute atomic E-state index is 10.8. The lowest BCUT2D eigenvalue weighted by Gasteiger charge is -1.99. The van der Waals surface area contributed by atoms with Gasteiger partial charge in [-0.2, -0.15) is 5.10 Å². The van der Waals surface area contributed by atoms with Crippen molar-refractivity contribution >= 4 is 17.6 Å². The summed E-state index contributed by atoms with van der Waals surface area (Å²) in [4.78, 5) is 11.7. The second-order valence-corrected chi connectivity index (χ2v) is 3.96. The summed E-state index contributed by atoms with van der Waals surface area (Å²) in [5, 5.41) is 6.16. The van der Waals surface area contributed by atoms with Crippen molar-refractivity contribution in [1.29, 1.82) is 0 Å². The van der Waals surface area contributed by atoms with Crippen LogP contribution in [0.1, 0.15) is 10.4 Å². The molecule has 0 spiro atoms. The molecule has 2 rings (SSSR count). The third kappa shape index (κ3) is 1.66. The van der Waals surface area contributed by atoms with E-state index in [-0.39, 0.29) is 0 Å². The van der Waals surface area contributed by atoms with Gasteiger partial charge in [-0.05, 0) is 11.4 Å². The number of methoxy groups -OCH3 is 1. The van der Waals surface area contributed by atoms with Gasteiger partial charge in [0.25, 0.3) is 0 Å². The Morgan fingerprint density at radius 2 is 2.40 bits per heavy atom. The zero-order chi connectivity index (χ0) is 10.8. The van der Waals surface area contributed by atoms with Crippen molar-refractivity contribution in [3.8, 4) is 16.3 Å². The van der Waals surface area contributed by atoms with Crippen LogP contribution in [0.3, 0.4) is 0 Å². The number of rotatable bonds is 3. The minimum absolute atomic E-state index is 0.582. The van der Waals surface area contributed by atoms with Crippen LogP contribution in [0.4, 0.5) is 0 Å². The Morgan fingerprint density at radius 3 is 3.07 bits per heavy atom. The quantitative estimate of drug-likeness (QED) is 0.746. The highest BCUT2D eigenvalue weighted by Gasteiger charge is 2.15. The summed E-state index contributed by atoms with van der Waals surface area (Å²) in [6.07, 6.45) is 2.50. The van der Waals surface area contributed by atoms with E-state index in [1.54, 1.807) is 25.0 Å². The monoisotopic (exact) mass is 222 g/mol. The predicted molar refractivity (Wildman–Crippen MR) is 58.5 cm³/mol. The minimum atomic E-state index is 0.582. The number of aromatic nitrogens is 2. The fourth-order valence-corrected chi connectivity index (χ4v) is 2.27. The van der Waals surface area contributed by atoms with Gasteiger partial charge in [0.05, 0.1) is 17.6 Å². The van der Waals surface area contributed by atoms with Crippen molar-refractivity contribution in [2.45, 2.75) is 0 Å². The van der Waals surface area contributed by atoms with Crippen LogP contribution >= 0.6 is 11.3 Å². The number of nitrogens with zero attached hydrogens (tertiary/aromatic N) is 2. The highest BCUT2D eigenvalue weighted by Crippen LogP contribution is 2.35. The Morgan fingerprint density at radius 1 is 1.60 bits per heavy atom. The first-order valence-electron chi connectivity index (χ1n) is 4.37. The van der Waals surface area contributed by atoms with E-state index in [0.717, 1.165) is 16.9 Å². The van der Waals surface area contributed by atoms with Crippen molar-refractivity contribution in [2.75, 3.05) is 7.11 Å². The molecule has 0 N–H and O–H groups in total. The first-order valence-corrected chi connectivity index (χ1v) is 5.25. The number of carbonyl (C=O) groups excluding carboxylic acids is 1. The van der Waals surface area contributed by atoms with Crippen LogP contribution in [0.15, 0.2) is 17.6 Å². The Hall–Kier alpha value is -1.62. The summed E-state index contributed by atoms with van der Waals surface area (Å²) in [5.41, 5.74) is 1.26. The fraction of sp³-hybridized carbons (Fsp3) is 0.200. The van der Waals surface area contributed by atoms with Gasteiger partial charge in [0.15, 0.2) is 6.29 Å². The van der Waals surface area contributed by atoms with Gasteiger partial charge in [-0.15, -0.1) is 11.3 Å². The van der Waals surface area contributed by atoms with Gasteiger partial charge in [0, 0.05) is 13.2 Å². The Kier molecular flexibility index (Phi) is 2.55. The lowest BCUT2D eigenvalue weighted by Crippen LogP contribution is -1.88. The molecule has 78 valence electrons. The van der Waals surface area contributed by atoms with Crippen LogP contribution in [0.2, 0.25) is 0 Å². The average Bonchev–Trinajstić information content (AvgIpc) is 2.82.